The number of rotatable bonds is 6. The molecular formula is C25H19ClN2O5. The minimum atomic E-state index is -0.745. The minimum Gasteiger partial charge on any atom is -0.493 e. The molecule has 0 atom stereocenters. The maximum atomic E-state index is 13.2. The van der Waals surface area contributed by atoms with Crippen LogP contribution < -0.4 is 19.9 Å². The summed E-state index contributed by atoms with van der Waals surface area (Å²) in [7, 11) is 3.03. The number of para-hydroxylation sites is 1. The van der Waals surface area contributed by atoms with Gasteiger partial charge in [-0.3, -0.25) is 4.79 Å². The van der Waals surface area contributed by atoms with Crippen LogP contribution in [0.4, 0.5) is 0 Å². The van der Waals surface area contributed by atoms with E-state index >= 15 is 0 Å². The van der Waals surface area contributed by atoms with E-state index in [9.17, 15) is 9.59 Å². The van der Waals surface area contributed by atoms with Crippen LogP contribution in [0.5, 0.6) is 11.5 Å². The molecule has 0 saturated heterocycles. The van der Waals surface area contributed by atoms with Crippen molar-refractivity contribution in [2.75, 3.05) is 14.2 Å². The fraction of sp³-hybridized carbons (Fsp3) is 0.0800. The van der Waals surface area contributed by atoms with Crippen molar-refractivity contribution < 1.29 is 19.1 Å². The Balaban J connectivity index is 1.78. The zero-order valence-electron chi connectivity index (χ0n) is 17.8. The Hall–Kier alpha value is -4.10. The Bertz CT molecular complexity index is 1410. The molecule has 0 bridgehead atoms. The third-order valence-corrected chi connectivity index (χ3v) is 5.09. The Labute approximate surface area is 194 Å². The summed E-state index contributed by atoms with van der Waals surface area (Å²) in [4.78, 5) is 35.8. The Kier molecular flexibility index (Phi) is 6.42. The van der Waals surface area contributed by atoms with Gasteiger partial charge in [-0.15, -0.1) is 4.73 Å². The van der Waals surface area contributed by atoms with Gasteiger partial charge < -0.3 is 14.3 Å². The van der Waals surface area contributed by atoms with E-state index in [1.54, 1.807) is 72.8 Å². The molecule has 1 aromatic heterocycles. The number of methoxy groups -OCH3 is 2. The fourth-order valence-corrected chi connectivity index (χ4v) is 3.34. The standard InChI is InChI=1S/C25H19ClN2O5/c1-31-21-13-10-17(15-22(21)32-2)24-27-20-6-4-3-5-19(20)25(30)28(24)33-23(29)14-9-16-7-11-18(26)12-8-16/h3-15H,1-2H3. The molecule has 33 heavy (non-hydrogen) atoms. The first-order chi connectivity index (χ1) is 16.0. The topological polar surface area (TPSA) is 79.6 Å². The first-order valence-electron chi connectivity index (χ1n) is 9.90. The summed E-state index contributed by atoms with van der Waals surface area (Å²) >= 11 is 5.89. The van der Waals surface area contributed by atoms with Crippen molar-refractivity contribution in [1.82, 2.24) is 9.71 Å². The molecule has 0 saturated carbocycles. The number of carbonyl (C=O) groups excluding carboxylic acids is 1. The van der Waals surface area contributed by atoms with Crippen molar-refractivity contribution >= 4 is 34.5 Å². The van der Waals surface area contributed by atoms with Crippen LogP contribution >= 0.6 is 11.6 Å². The van der Waals surface area contributed by atoms with Crippen LogP contribution in [0.3, 0.4) is 0 Å². The van der Waals surface area contributed by atoms with Crippen molar-refractivity contribution in [2.24, 2.45) is 0 Å². The van der Waals surface area contributed by atoms with Gasteiger partial charge in [0, 0.05) is 16.7 Å². The highest BCUT2D eigenvalue weighted by molar-refractivity contribution is 6.30. The van der Waals surface area contributed by atoms with E-state index in [0.29, 0.717) is 33.0 Å². The van der Waals surface area contributed by atoms with Crippen LogP contribution in [0.1, 0.15) is 5.56 Å². The lowest BCUT2D eigenvalue weighted by Crippen LogP contribution is -2.32. The molecule has 7 nitrogen and oxygen atoms in total. The molecule has 1 heterocycles. The van der Waals surface area contributed by atoms with Gasteiger partial charge in [0.15, 0.2) is 17.3 Å². The second-order valence-electron chi connectivity index (χ2n) is 6.92. The van der Waals surface area contributed by atoms with E-state index in [4.69, 9.17) is 25.9 Å². The molecule has 8 heteroatoms. The molecule has 3 aromatic carbocycles. The van der Waals surface area contributed by atoms with Crippen molar-refractivity contribution in [1.29, 1.82) is 0 Å². The molecule has 0 spiro atoms. The predicted octanol–water partition coefficient (Wildman–Crippen LogP) is 4.40. The van der Waals surface area contributed by atoms with Gasteiger partial charge in [0.1, 0.15) is 0 Å². The van der Waals surface area contributed by atoms with Gasteiger partial charge in [0.2, 0.25) is 0 Å². The smallest absolute Gasteiger partial charge is 0.356 e. The predicted molar refractivity (Wildman–Crippen MR) is 127 cm³/mol. The largest absolute Gasteiger partial charge is 0.493 e. The second-order valence-corrected chi connectivity index (χ2v) is 7.35. The third-order valence-electron chi connectivity index (χ3n) is 4.84. The fourth-order valence-electron chi connectivity index (χ4n) is 3.22. The monoisotopic (exact) mass is 462 g/mol. The van der Waals surface area contributed by atoms with Crippen LogP contribution in [-0.4, -0.2) is 29.9 Å². The van der Waals surface area contributed by atoms with E-state index in [1.807, 2.05) is 0 Å². The number of hydrogen-bond donors (Lipinski definition) is 0. The molecule has 0 N–H and O–H groups in total. The molecule has 4 rings (SSSR count). The zero-order chi connectivity index (χ0) is 23.4. The van der Waals surface area contributed by atoms with Crippen LogP contribution in [-0.2, 0) is 4.79 Å². The quantitative estimate of drug-likeness (QED) is 0.395. The molecule has 0 aliphatic carbocycles. The molecule has 0 aliphatic heterocycles. The highest BCUT2D eigenvalue weighted by Crippen LogP contribution is 2.31. The summed E-state index contributed by atoms with van der Waals surface area (Å²) in [6, 6.07) is 18.8. The second kappa shape index (κ2) is 9.58. The molecule has 0 fully saturated rings. The van der Waals surface area contributed by atoms with Gasteiger partial charge in [-0.05, 0) is 54.1 Å². The van der Waals surface area contributed by atoms with Gasteiger partial charge in [-0.2, -0.15) is 0 Å². The Morgan fingerprint density at radius 1 is 0.970 bits per heavy atom. The highest BCUT2D eigenvalue weighted by Gasteiger charge is 2.17. The van der Waals surface area contributed by atoms with Gasteiger partial charge in [0.25, 0.3) is 5.56 Å². The van der Waals surface area contributed by atoms with Gasteiger partial charge >= 0.3 is 5.97 Å². The van der Waals surface area contributed by atoms with Crippen LogP contribution in [0.25, 0.3) is 28.4 Å². The minimum absolute atomic E-state index is 0.146. The van der Waals surface area contributed by atoms with Crippen molar-refractivity contribution in [2.45, 2.75) is 0 Å². The van der Waals surface area contributed by atoms with E-state index in [0.717, 1.165) is 10.3 Å². The maximum absolute atomic E-state index is 13.2. The van der Waals surface area contributed by atoms with Crippen LogP contribution in [0.2, 0.25) is 5.02 Å². The van der Waals surface area contributed by atoms with E-state index in [1.165, 1.54) is 20.3 Å². The van der Waals surface area contributed by atoms with E-state index in [-0.39, 0.29) is 5.82 Å². The number of halogens is 1. The average Bonchev–Trinajstić information content (AvgIpc) is 2.85. The molecule has 0 radical (unpaired) electrons. The van der Waals surface area contributed by atoms with Crippen LogP contribution in [0, 0.1) is 0 Å². The number of carbonyl (C=O) groups is 1. The Morgan fingerprint density at radius 3 is 2.42 bits per heavy atom. The molecule has 4 aromatic rings. The number of benzene rings is 3. The van der Waals surface area contributed by atoms with Gasteiger partial charge in [0.05, 0.1) is 25.1 Å². The van der Waals surface area contributed by atoms with E-state index in [2.05, 4.69) is 4.98 Å². The highest BCUT2D eigenvalue weighted by atomic mass is 35.5. The van der Waals surface area contributed by atoms with Crippen molar-refractivity contribution in [3.05, 3.63) is 93.7 Å². The van der Waals surface area contributed by atoms with Gasteiger partial charge in [-0.1, -0.05) is 35.9 Å². The molecule has 0 unspecified atom stereocenters. The lowest BCUT2D eigenvalue weighted by atomic mass is 10.1. The number of fused-ring (bicyclic) bond motifs is 1. The lowest BCUT2D eigenvalue weighted by molar-refractivity contribution is -0.138. The summed E-state index contributed by atoms with van der Waals surface area (Å²) in [5.74, 6) is 0.357. The number of ether oxygens (including phenoxy) is 2. The summed E-state index contributed by atoms with van der Waals surface area (Å²) in [5.41, 5.74) is 1.21. The molecule has 0 aliphatic rings. The Morgan fingerprint density at radius 2 is 1.70 bits per heavy atom. The summed E-state index contributed by atoms with van der Waals surface area (Å²) in [6.07, 6.45) is 2.79. The summed E-state index contributed by atoms with van der Waals surface area (Å²) in [6.45, 7) is 0. The SMILES string of the molecule is COc1ccc(-c2nc3ccccc3c(=O)n2OC(=O)C=Cc2ccc(Cl)cc2)cc1OC. The third kappa shape index (κ3) is 4.73. The number of aromatic nitrogens is 2. The lowest BCUT2D eigenvalue weighted by Gasteiger charge is -2.14. The van der Waals surface area contributed by atoms with Crippen LogP contribution in [0.15, 0.2) is 77.6 Å². The van der Waals surface area contributed by atoms with Crippen molar-refractivity contribution in [3.8, 4) is 22.9 Å². The first-order valence-corrected chi connectivity index (χ1v) is 10.3. The number of nitrogens with zero attached hydrogens (tertiary/aromatic N) is 2. The summed E-state index contributed by atoms with van der Waals surface area (Å²) < 4.78 is 11.5. The molecule has 0 amide bonds. The summed E-state index contributed by atoms with van der Waals surface area (Å²) in [5, 5.41) is 0.902. The zero-order valence-corrected chi connectivity index (χ0v) is 18.6. The maximum Gasteiger partial charge on any atom is 0.356 e. The molecule has 166 valence electrons. The molecular weight excluding hydrogens is 444 g/mol. The number of hydrogen-bond acceptors (Lipinski definition) is 6. The van der Waals surface area contributed by atoms with Crippen molar-refractivity contribution in [3.63, 3.8) is 0 Å². The normalized spacial score (nSPS) is 11.0. The average molecular weight is 463 g/mol. The first kappa shape index (κ1) is 22.1. The van der Waals surface area contributed by atoms with Gasteiger partial charge in [-0.25, -0.2) is 9.78 Å². The van der Waals surface area contributed by atoms with E-state index < -0.39 is 11.5 Å².